The highest BCUT2D eigenvalue weighted by Gasteiger charge is 2.06. The maximum absolute atomic E-state index is 4.72. The van der Waals surface area contributed by atoms with Crippen molar-refractivity contribution in [2.24, 2.45) is 4.99 Å². The van der Waals surface area contributed by atoms with Gasteiger partial charge in [0.25, 0.3) is 0 Å². The van der Waals surface area contributed by atoms with Crippen molar-refractivity contribution in [1.29, 1.82) is 0 Å². The van der Waals surface area contributed by atoms with E-state index < -0.39 is 0 Å². The fourth-order valence-electron chi connectivity index (χ4n) is 3.33. The van der Waals surface area contributed by atoms with Crippen LogP contribution in [0.25, 0.3) is 11.0 Å². The van der Waals surface area contributed by atoms with Crippen LogP contribution in [-0.2, 0) is 13.1 Å². The van der Waals surface area contributed by atoms with Crippen molar-refractivity contribution in [2.75, 3.05) is 32.1 Å². The minimum Gasteiger partial charge on any atom is -0.378 e. The van der Waals surface area contributed by atoms with Crippen molar-refractivity contribution in [3.63, 3.8) is 0 Å². The molecule has 0 unspecified atom stereocenters. The van der Waals surface area contributed by atoms with E-state index in [4.69, 9.17) is 4.99 Å². The molecule has 7 heteroatoms. The number of hydrogen-bond donors (Lipinski definition) is 2. The van der Waals surface area contributed by atoms with E-state index in [-0.39, 0.29) is 24.0 Å². The lowest BCUT2D eigenvalue weighted by atomic mass is 10.2. The van der Waals surface area contributed by atoms with Crippen LogP contribution in [0.15, 0.2) is 53.5 Å². The molecule has 0 bridgehead atoms. The van der Waals surface area contributed by atoms with Gasteiger partial charge in [-0.05, 0) is 50.1 Å². The van der Waals surface area contributed by atoms with Gasteiger partial charge in [-0.1, -0.05) is 24.3 Å². The van der Waals surface area contributed by atoms with E-state index >= 15 is 0 Å². The average molecular weight is 520 g/mol. The highest BCUT2D eigenvalue weighted by Crippen LogP contribution is 2.15. The van der Waals surface area contributed by atoms with E-state index in [9.17, 15) is 0 Å². The van der Waals surface area contributed by atoms with Crippen molar-refractivity contribution in [3.8, 4) is 0 Å². The summed E-state index contributed by atoms with van der Waals surface area (Å²) in [5, 5.41) is 6.78. The topological polar surface area (TPSA) is 57.5 Å². The Morgan fingerprint density at radius 2 is 1.80 bits per heavy atom. The molecule has 6 nitrogen and oxygen atoms in total. The number of imidazole rings is 1. The fraction of sp³-hybridized carbons (Fsp3) is 0.391. The predicted octanol–water partition coefficient (Wildman–Crippen LogP) is 4.17. The third kappa shape index (κ3) is 6.35. The van der Waals surface area contributed by atoms with Crippen LogP contribution in [0.1, 0.15) is 24.7 Å². The number of halogens is 1. The number of para-hydroxylation sites is 2. The van der Waals surface area contributed by atoms with Crippen LogP contribution in [0.4, 0.5) is 5.69 Å². The Labute approximate surface area is 196 Å². The third-order valence-corrected chi connectivity index (χ3v) is 4.91. The van der Waals surface area contributed by atoms with Gasteiger partial charge in [0.1, 0.15) is 5.82 Å². The summed E-state index contributed by atoms with van der Waals surface area (Å²) in [6.07, 6.45) is 1.00. The Morgan fingerprint density at radius 3 is 2.50 bits per heavy atom. The zero-order valence-electron chi connectivity index (χ0n) is 18.4. The number of anilines is 1. The number of guanidine groups is 1. The molecule has 2 aromatic carbocycles. The third-order valence-electron chi connectivity index (χ3n) is 4.91. The van der Waals surface area contributed by atoms with Gasteiger partial charge in [-0.2, -0.15) is 0 Å². The van der Waals surface area contributed by atoms with Crippen LogP contribution in [0, 0.1) is 6.92 Å². The van der Waals surface area contributed by atoms with E-state index in [1.54, 1.807) is 0 Å². The average Bonchev–Trinajstić information content (AvgIpc) is 3.04. The van der Waals surface area contributed by atoms with Crippen molar-refractivity contribution in [2.45, 2.75) is 33.4 Å². The fourth-order valence-corrected chi connectivity index (χ4v) is 3.33. The molecular formula is C23H33IN6. The predicted molar refractivity (Wildman–Crippen MR) is 138 cm³/mol. The Morgan fingerprint density at radius 1 is 1.07 bits per heavy atom. The van der Waals surface area contributed by atoms with Crippen molar-refractivity contribution in [3.05, 3.63) is 59.9 Å². The first-order chi connectivity index (χ1) is 14.1. The zero-order chi connectivity index (χ0) is 20.6. The molecule has 0 atom stereocenters. The molecule has 0 fully saturated rings. The van der Waals surface area contributed by atoms with Crippen LogP contribution in [0.3, 0.4) is 0 Å². The van der Waals surface area contributed by atoms with Crippen LogP contribution < -0.4 is 15.5 Å². The summed E-state index contributed by atoms with van der Waals surface area (Å²) in [4.78, 5) is 11.5. The van der Waals surface area contributed by atoms with E-state index in [0.717, 1.165) is 43.4 Å². The Balaban J connectivity index is 0.00000320. The molecule has 3 rings (SSSR count). The van der Waals surface area contributed by atoms with E-state index in [0.29, 0.717) is 6.54 Å². The number of nitrogens with zero attached hydrogens (tertiary/aromatic N) is 4. The SMILES string of the molecule is CCNC(=NCc1ccc(N(C)C)cc1)NCCCn1c(C)nc2ccccc21.I. The molecule has 0 radical (unpaired) electrons. The number of benzene rings is 2. The molecule has 0 spiro atoms. The van der Waals surface area contributed by atoms with Gasteiger partial charge in [0.2, 0.25) is 0 Å². The van der Waals surface area contributed by atoms with Crippen molar-refractivity contribution >= 4 is 46.7 Å². The lowest BCUT2D eigenvalue weighted by Gasteiger charge is -2.13. The van der Waals surface area contributed by atoms with E-state index in [1.165, 1.54) is 16.8 Å². The number of fused-ring (bicyclic) bond motifs is 1. The summed E-state index contributed by atoms with van der Waals surface area (Å²) in [7, 11) is 4.10. The van der Waals surface area contributed by atoms with Gasteiger partial charge in [-0.3, -0.25) is 0 Å². The van der Waals surface area contributed by atoms with Crippen LogP contribution >= 0.6 is 24.0 Å². The second-order valence-corrected chi connectivity index (χ2v) is 7.34. The number of aliphatic imine (C=N–C) groups is 1. The monoisotopic (exact) mass is 520 g/mol. The lowest BCUT2D eigenvalue weighted by molar-refractivity contribution is 0.624. The number of aromatic nitrogens is 2. The molecule has 2 N–H and O–H groups in total. The number of nitrogens with one attached hydrogen (secondary N) is 2. The van der Waals surface area contributed by atoms with Crippen molar-refractivity contribution in [1.82, 2.24) is 20.2 Å². The van der Waals surface area contributed by atoms with Crippen LogP contribution in [-0.4, -0.2) is 42.7 Å². The molecule has 0 aliphatic heterocycles. The molecule has 0 saturated carbocycles. The van der Waals surface area contributed by atoms with Crippen LogP contribution in [0.5, 0.6) is 0 Å². The van der Waals surface area contributed by atoms with Crippen LogP contribution in [0.2, 0.25) is 0 Å². The first-order valence-electron chi connectivity index (χ1n) is 10.3. The highest BCUT2D eigenvalue weighted by atomic mass is 127. The Hall–Kier alpha value is -2.29. The summed E-state index contributed by atoms with van der Waals surface area (Å²) in [5.74, 6) is 1.92. The minimum atomic E-state index is 0. The number of hydrogen-bond acceptors (Lipinski definition) is 3. The largest absolute Gasteiger partial charge is 0.378 e. The summed E-state index contributed by atoms with van der Waals surface area (Å²) >= 11 is 0. The van der Waals surface area contributed by atoms with E-state index in [2.05, 4.69) is 95.5 Å². The first-order valence-corrected chi connectivity index (χ1v) is 10.3. The molecule has 0 saturated heterocycles. The van der Waals surface area contributed by atoms with Gasteiger partial charge in [-0.15, -0.1) is 24.0 Å². The molecule has 30 heavy (non-hydrogen) atoms. The van der Waals surface area contributed by atoms with Gasteiger partial charge < -0.3 is 20.1 Å². The summed E-state index contributed by atoms with van der Waals surface area (Å²) in [5.41, 5.74) is 4.67. The maximum atomic E-state index is 4.72. The van der Waals surface area contributed by atoms with Gasteiger partial charge >= 0.3 is 0 Å². The highest BCUT2D eigenvalue weighted by molar-refractivity contribution is 14.0. The Kier molecular flexibility index (Phi) is 9.42. The summed E-state index contributed by atoms with van der Waals surface area (Å²) in [6, 6.07) is 16.8. The molecule has 3 aromatic rings. The van der Waals surface area contributed by atoms with Crippen molar-refractivity contribution < 1.29 is 0 Å². The van der Waals surface area contributed by atoms with Gasteiger partial charge in [0, 0.05) is 39.4 Å². The quantitative estimate of drug-likeness (QED) is 0.203. The first kappa shape index (κ1) is 24.0. The smallest absolute Gasteiger partial charge is 0.191 e. The summed E-state index contributed by atoms with van der Waals surface area (Å²) in [6.45, 7) is 7.46. The second kappa shape index (κ2) is 11.8. The maximum Gasteiger partial charge on any atom is 0.191 e. The summed E-state index contributed by atoms with van der Waals surface area (Å²) < 4.78 is 2.29. The second-order valence-electron chi connectivity index (χ2n) is 7.34. The molecule has 0 aliphatic rings. The standard InChI is InChI=1S/C23H32N6.HI/c1-5-24-23(26-17-19-11-13-20(14-12-19)28(3)4)25-15-8-16-29-18(2)27-21-9-6-7-10-22(21)29;/h6-7,9-14H,5,8,15-17H2,1-4H3,(H2,24,25,26);1H. The molecular weight excluding hydrogens is 487 g/mol. The van der Waals surface area contributed by atoms with Gasteiger partial charge in [-0.25, -0.2) is 9.98 Å². The normalized spacial score (nSPS) is 11.3. The Bertz CT molecular complexity index is 946. The minimum absolute atomic E-state index is 0. The molecule has 0 amide bonds. The van der Waals surface area contributed by atoms with Gasteiger partial charge in [0.05, 0.1) is 17.6 Å². The van der Waals surface area contributed by atoms with Gasteiger partial charge in [0.15, 0.2) is 5.96 Å². The van der Waals surface area contributed by atoms with E-state index in [1.807, 2.05) is 6.07 Å². The molecule has 162 valence electrons. The molecule has 1 heterocycles. The zero-order valence-corrected chi connectivity index (χ0v) is 20.7. The lowest BCUT2D eigenvalue weighted by Crippen LogP contribution is -2.38. The molecule has 1 aromatic heterocycles. The number of aryl methyl sites for hydroxylation is 2. The molecule has 0 aliphatic carbocycles. The number of rotatable bonds is 8.